The van der Waals surface area contributed by atoms with Crippen LogP contribution in [0.5, 0.6) is 5.75 Å². The van der Waals surface area contributed by atoms with Gasteiger partial charge in [0.15, 0.2) is 11.4 Å². The van der Waals surface area contributed by atoms with Gasteiger partial charge in [0.05, 0.1) is 17.2 Å². The Morgan fingerprint density at radius 1 is 1.06 bits per heavy atom. The van der Waals surface area contributed by atoms with Crippen molar-refractivity contribution in [2.45, 2.75) is 82.5 Å². The van der Waals surface area contributed by atoms with Crippen LogP contribution in [0.1, 0.15) is 68.7 Å². The summed E-state index contributed by atoms with van der Waals surface area (Å²) in [5.41, 5.74) is 5.84. The lowest BCUT2D eigenvalue weighted by Crippen LogP contribution is -2.68. The summed E-state index contributed by atoms with van der Waals surface area (Å²) < 4.78 is 0. The van der Waals surface area contributed by atoms with E-state index >= 15 is 0 Å². The van der Waals surface area contributed by atoms with Gasteiger partial charge in [0.1, 0.15) is 29.2 Å². The molecule has 250 valence electrons. The second-order valence-electron chi connectivity index (χ2n) is 15.0. The van der Waals surface area contributed by atoms with Gasteiger partial charge >= 0.3 is 0 Å². The van der Waals surface area contributed by atoms with E-state index in [0.717, 1.165) is 29.5 Å². The molecule has 2 saturated carbocycles. The van der Waals surface area contributed by atoms with Crippen LogP contribution in [0.2, 0.25) is 0 Å². The first kappa shape index (κ1) is 32.9. The van der Waals surface area contributed by atoms with E-state index < -0.39 is 58.4 Å². The summed E-state index contributed by atoms with van der Waals surface area (Å²) in [4.78, 5) is 40.9. The van der Waals surface area contributed by atoms with Crippen LogP contribution in [0.4, 0.5) is 0 Å². The molecule has 2 fully saturated rings. The number of ketones is 2. The average molecular weight is 645 g/mol. The number of aliphatic hydroxyl groups is 4. The number of hydrogen-bond acceptors (Lipinski definition) is 9. The number of amides is 1. The second-order valence-corrected chi connectivity index (χ2v) is 15.0. The van der Waals surface area contributed by atoms with Gasteiger partial charge in [0.25, 0.3) is 5.91 Å². The van der Waals surface area contributed by atoms with Crippen molar-refractivity contribution in [2.24, 2.45) is 23.5 Å². The topological polar surface area (TPSA) is 182 Å². The van der Waals surface area contributed by atoms with Crippen molar-refractivity contribution in [3.05, 3.63) is 69.5 Å². The number of aryl methyl sites for hydroxylation is 1. The summed E-state index contributed by atoms with van der Waals surface area (Å²) in [7, 11) is 3.24. The van der Waals surface area contributed by atoms with Crippen molar-refractivity contribution in [1.29, 1.82) is 0 Å². The molecule has 1 amide bonds. The first-order chi connectivity index (χ1) is 22.0. The molecular weight excluding hydrogens is 600 g/mol. The van der Waals surface area contributed by atoms with Gasteiger partial charge in [-0.3, -0.25) is 19.3 Å². The number of carbonyl (C=O) groups excluding carboxylic acids is 3. The molecule has 2 aromatic rings. The van der Waals surface area contributed by atoms with E-state index in [4.69, 9.17) is 5.73 Å². The van der Waals surface area contributed by atoms with Crippen LogP contribution >= 0.6 is 0 Å². The molecular formula is C37H44N2O8. The fourth-order valence-electron chi connectivity index (χ4n) is 8.01. The Hall–Kier alpha value is -3.99. The number of phenols is 1. The van der Waals surface area contributed by atoms with E-state index in [-0.39, 0.29) is 59.7 Å². The molecule has 10 heteroatoms. The van der Waals surface area contributed by atoms with Crippen molar-refractivity contribution in [1.82, 2.24) is 4.90 Å². The van der Waals surface area contributed by atoms with Gasteiger partial charge in [-0.1, -0.05) is 45.0 Å². The minimum atomic E-state index is -2.58. The number of carbonyl (C=O) groups is 3. The van der Waals surface area contributed by atoms with E-state index in [9.17, 15) is 39.9 Å². The highest BCUT2D eigenvalue weighted by Gasteiger charge is 2.64. The summed E-state index contributed by atoms with van der Waals surface area (Å²) in [6.07, 6.45) is 0.338. The number of likely N-dealkylation sites (N-methyl/N-ethyl adjacent to an activating group) is 1. The highest BCUT2D eigenvalue weighted by molar-refractivity contribution is 6.11. The van der Waals surface area contributed by atoms with Crippen LogP contribution < -0.4 is 5.73 Å². The lowest BCUT2D eigenvalue weighted by molar-refractivity contribution is -0.170. The summed E-state index contributed by atoms with van der Waals surface area (Å²) in [5.74, 6) is -4.95. The van der Waals surface area contributed by atoms with E-state index in [1.807, 2.05) is 30.3 Å². The van der Waals surface area contributed by atoms with Gasteiger partial charge in [-0.25, -0.2) is 0 Å². The van der Waals surface area contributed by atoms with E-state index in [2.05, 4.69) is 20.8 Å². The number of aromatic hydroxyl groups is 1. The van der Waals surface area contributed by atoms with E-state index in [1.165, 1.54) is 0 Å². The molecule has 0 saturated heterocycles. The number of aliphatic hydroxyl groups excluding tert-OH is 3. The fraction of sp³-hybridized carbons (Fsp3) is 0.486. The third kappa shape index (κ3) is 5.17. The molecule has 0 aliphatic heterocycles. The van der Waals surface area contributed by atoms with Crippen LogP contribution in [-0.2, 0) is 32.6 Å². The number of Topliss-reactive ketones (excluding diaryl/α,β-unsaturated/α-hetero) is 2. The second kappa shape index (κ2) is 11.3. The zero-order chi connectivity index (χ0) is 34.3. The zero-order valence-electron chi connectivity index (χ0n) is 27.5. The fourth-order valence-corrected chi connectivity index (χ4v) is 8.01. The lowest BCUT2D eigenvalue weighted by atomic mass is 9.56. The minimum absolute atomic E-state index is 0.0516. The van der Waals surface area contributed by atoms with Gasteiger partial charge in [-0.15, -0.1) is 0 Å². The van der Waals surface area contributed by atoms with Crippen LogP contribution in [0.3, 0.4) is 0 Å². The van der Waals surface area contributed by atoms with Crippen LogP contribution in [-0.4, -0.2) is 79.7 Å². The minimum Gasteiger partial charge on any atom is -0.510 e. The normalized spacial score (nSPS) is 27.4. The number of phenolic OH excluding ortho intramolecular Hbond substituents is 1. The Kier molecular flexibility index (Phi) is 7.93. The number of benzene rings is 2. The summed E-state index contributed by atoms with van der Waals surface area (Å²) >= 11 is 0. The standard InChI is InChI=1S/C37H44N2O8/c1-36(2,3)21-11-8-17(9-12-21)22-14-19(10-13-25(40)18-6-7-18)30(41)27-23(22)15-20-16-24-29(39(4)5)32(43)28(35(38)46)34(45)37(24,47)33(44)26(20)31(27)42/h8-9,11-12,14,18,20,24,29,34,41-43,45,47H,6-7,10,13,15-16H2,1-5H3,(H2,38,46)/t20-,24-,29?,34+,37-/m0/s1. The summed E-state index contributed by atoms with van der Waals surface area (Å²) in [6.45, 7) is 6.36. The number of fused-ring (bicyclic) bond motifs is 3. The van der Waals surface area contributed by atoms with E-state index in [0.29, 0.717) is 11.1 Å². The maximum absolute atomic E-state index is 14.3. The Bertz CT molecular complexity index is 1740. The third-order valence-electron chi connectivity index (χ3n) is 10.7. The summed E-state index contributed by atoms with van der Waals surface area (Å²) in [6, 6.07) is 8.89. The molecule has 6 rings (SSSR count). The molecule has 5 atom stereocenters. The summed E-state index contributed by atoms with van der Waals surface area (Å²) in [5, 5.41) is 57.9. The zero-order valence-corrected chi connectivity index (χ0v) is 27.5. The predicted molar refractivity (Wildman–Crippen MR) is 175 cm³/mol. The average Bonchev–Trinajstić information content (AvgIpc) is 3.84. The molecule has 10 nitrogen and oxygen atoms in total. The molecule has 0 spiro atoms. The van der Waals surface area contributed by atoms with Gasteiger partial charge in [-0.2, -0.15) is 0 Å². The smallest absolute Gasteiger partial charge is 0.250 e. The molecule has 4 aliphatic carbocycles. The number of nitrogens with zero attached hydrogens (tertiary/aromatic N) is 1. The van der Waals surface area contributed by atoms with Crippen LogP contribution in [0.25, 0.3) is 16.9 Å². The molecule has 0 radical (unpaired) electrons. The van der Waals surface area contributed by atoms with Crippen molar-refractivity contribution in [2.75, 3.05) is 14.1 Å². The number of hydrogen-bond donors (Lipinski definition) is 6. The van der Waals surface area contributed by atoms with Gasteiger partial charge < -0.3 is 31.3 Å². The Labute approximate surface area is 274 Å². The molecule has 0 heterocycles. The Morgan fingerprint density at radius 2 is 1.70 bits per heavy atom. The van der Waals surface area contributed by atoms with Crippen LogP contribution in [0, 0.1) is 17.8 Å². The first-order valence-corrected chi connectivity index (χ1v) is 16.3. The molecule has 2 aromatic carbocycles. The van der Waals surface area contributed by atoms with Crippen LogP contribution in [0.15, 0.2) is 47.2 Å². The predicted octanol–water partition coefficient (Wildman–Crippen LogP) is 3.63. The monoisotopic (exact) mass is 644 g/mol. The van der Waals surface area contributed by atoms with Crippen molar-refractivity contribution in [3.8, 4) is 16.9 Å². The highest BCUT2D eigenvalue weighted by Crippen LogP contribution is 2.54. The van der Waals surface area contributed by atoms with Crippen molar-refractivity contribution >= 4 is 23.2 Å². The van der Waals surface area contributed by atoms with Crippen molar-refractivity contribution < 1.29 is 39.9 Å². The molecule has 47 heavy (non-hydrogen) atoms. The number of primary amides is 1. The number of rotatable bonds is 7. The molecule has 0 bridgehead atoms. The number of nitrogens with two attached hydrogens (primary N) is 1. The lowest BCUT2D eigenvalue weighted by Gasteiger charge is -2.53. The van der Waals surface area contributed by atoms with Gasteiger partial charge in [0, 0.05) is 23.8 Å². The first-order valence-electron chi connectivity index (χ1n) is 16.3. The Balaban J connectivity index is 1.52. The van der Waals surface area contributed by atoms with E-state index in [1.54, 1.807) is 19.0 Å². The molecule has 0 aromatic heterocycles. The molecule has 7 N–H and O–H groups in total. The largest absolute Gasteiger partial charge is 0.510 e. The quantitative estimate of drug-likeness (QED) is 0.262. The Morgan fingerprint density at radius 3 is 2.26 bits per heavy atom. The maximum Gasteiger partial charge on any atom is 0.250 e. The molecule has 1 unspecified atom stereocenters. The van der Waals surface area contributed by atoms with Gasteiger partial charge in [-0.05, 0) is 91.4 Å². The van der Waals surface area contributed by atoms with Gasteiger partial charge in [0.2, 0.25) is 0 Å². The third-order valence-corrected chi connectivity index (χ3v) is 10.7. The van der Waals surface area contributed by atoms with Crippen molar-refractivity contribution in [3.63, 3.8) is 0 Å². The SMILES string of the molecule is CN(C)C1C(O)=C(C(N)=O)[C@@H](O)[C@@]2(O)C(=O)C3=C(O)c4c(O)c(CCC(=O)C5CC5)cc(-c5ccc(C(C)(C)C)cc5)c4C[C@H]3C[C@@H]12. The highest BCUT2D eigenvalue weighted by atomic mass is 16.4. The molecule has 4 aliphatic rings. The maximum atomic E-state index is 14.3.